The number of fused-ring (bicyclic) bond motifs is 1. The van der Waals surface area contributed by atoms with Crippen LogP contribution in [0.4, 0.5) is 11.4 Å². The highest BCUT2D eigenvalue weighted by Crippen LogP contribution is 2.40. The Bertz CT molecular complexity index is 1070. The van der Waals surface area contributed by atoms with Crippen molar-refractivity contribution < 1.29 is 14.3 Å². The molecule has 1 amide bonds. The average Bonchev–Trinajstić information content (AvgIpc) is 2.78. The van der Waals surface area contributed by atoms with Gasteiger partial charge in [0.15, 0.2) is 6.61 Å². The van der Waals surface area contributed by atoms with Crippen molar-refractivity contribution in [3.05, 3.63) is 83.9 Å². The summed E-state index contributed by atoms with van der Waals surface area (Å²) >= 11 is 0. The third kappa shape index (κ3) is 3.46. The summed E-state index contributed by atoms with van der Waals surface area (Å²) in [6, 6.07) is 24.2. The first-order valence-corrected chi connectivity index (χ1v) is 9.15. The van der Waals surface area contributed by atoms with E-state index in [4.69, 9.17) is 14.7 Å². The van der Waals surface area contributed by atoms with E-state index in [-0.39, 0.29) is 12.5 Å². The van der Waals surface area contributed by atoms with Crippen LogP contribution in [0, 0.1) is 11.3 Å². The summed E-state index contributed by atoms with van der Waals surface area (Å²) in [5, 5.41) is 12.1. The Morgan fingerprint density at radius 1 is 1.03 bits per heavy atom. The number of anilines is 2. The molecule has 0 saturated carbocycles. The molecule has 0 fully saturated rings. The lowest BCUT2D eigenvalue weighted by molar-refractivity contribution is 0.0974. The normalized spacial score (nSPS) is 15.1. The van der Waals surface area contributed by atoms with E-state index in [1.807, 2.05) is 66.7 Å². The van der Waals surface area contributed by atoms with Crippen LogP contribution in [0.1, 0.15) is 22.1 Å². The molecule has 0 aromatic heterocycles. The van der Waals surface area contributed by atoms with Crippen molar-refractivity contribution in [2.75, 3.05) is 23.9 Å². The molecule has 4 rings (SSSR count). The summed E-state index contributed by atoms with van der Waals surface area (Å²) in [4.78, 5) is 15.1. The second-order valence-corrected chi connectivity index (χ2v) is 6.46. The van der Waals surface area contributed by atoms with Crippen molar-refractivity contribution in [3.8, 4) is 17.6 Å². The summed E-state index contributed by atoms with van der Waals surface area (Å²) in [6.07, 6.45) is -0.432. The summed E-state index contributed by atoms with van der Waals surface area (Å²) in [7, 11) is 1.59. The monoisotopic (exact) mass is 385 g/mol. The van der Waals surface area contributed by atoms with E-state index in [1.165, 1.54) is 0 Å². The number of benzene rings is 3. The summed E-state index contributed by atoms with van der Waals surface area (Å²) in [6.45, 7) is -0.0137. The molecule has 144 valence electrons. The van der Waals surface area contributed by atoms with Crippen LogP contribution < -0.4 is 19.7 Å². The number of hydrogen-bond acceptors (Lipinski definition) is 5. The molecule has 29 heavy (non-hydrogen) atoms. The highest BCUT2D eigenvalue weighted by Gasteiger charge is 2.35. The van der Waals surface area contributed by atoms with Gasteiger partial charge in [-0.25, -0.2) is 0 Å². The lowest BCUT2D eigenvalue weighted by Crippen LogP contribution is -2.43. The Hall–Kier alpha value is -3.98. The number of nitrogens with zero attached hydrogens (tertiary/aromatic N) is 2. The smallest absolute Gasteiger partial charge is 0.262 e. The molecule has 6 heteroatoms. The third-order valence-corrected chi connectivity index (χ3v) is 4.77. The van der Waals surface area contributed by atoms with Crippen molar-refractivity contribution in [2.24, 2.45) is 0 Å². The number of para-hydroxylation sites is 3. The second kappa shape index (κ2) is 7.95. The Labute approximate surface area is 168 Å². The molecule has 1 aliphatic rings. The van der Waals surface area contributed by atoms with Gasteiger partial charge in [0, 0.05) is 5.69 Å². The van der Waals surface area contributed by atoms with Crippen molar-refractivity contribution in [1.29, 1.82) is 5.26 Å². The highest BCUT2D eigenvalue weighted by molar-refractivity contribution is 6.12. The minimum atomic E-state index is -0.432. The van der Waals surface area contributed by atoms with E-state index in [0.29, 0.717) is 22.7 Å². The zero-order valence-corrected chi connectivity index (χ0v) is 15.8. The molecule has 0 unspecified atom stereocenters. The van der Waals surface area contributed by atoms with Crippen LogP contribution in [0.2, 0.25) is 0 Å². The number of amides is 1. The maximum absolute atomic E-state index is 13.4. The predicted octanol–water partition coefficient (Wildman–Crippen LogP) is 4.37. The number of nitrogens with one attached hydrogen (secondary N) is 1. The largest absolute Gasteiger partial charge is 0.495 e. The summed E-state index contributed by atoms with van der Waals surface area (Å²) < 4.78 is 10.9. The van der Waals surface area contributed by atoms with Crippen LogP contribution in [0.3, 0.4) is 0 Å². The topological polar surface area (TPSA) is 74.6 Å². The van der Waals surface area contributed by atoms with Crippen LogP contribution in [0.15, 0.2) is 72.8 Å². The fraction of sp³-hybridized carbons (Fsp3) is 0.130. The van der Waals surface area contributed by atoms with E-state index < -0.39 is 6.17 Å². The second-order valence-electron chi connectivity index (χ2n) is 6.46. The van der Waals surface area contributed by atoms with Crippen molar-refractivity contribution in [3.63, 3.8) is 0 Å². The lowest BCUT2D eigenvalue weighted by atomic mass is 10.0. The Kier molecular flexibility index (Phi) is 5.04. The number of carbonyl (C=O) groups is 1. The summed E-state index contributed by atoms with van der Waals surface area (Å²) in [5.41, 5.74) is 2.93. The number of nitriles is 1. The van der Waals surface area contributed by atoms with E-state index in [9.17, 15) is 4.79 Å². The predicted molar refractivity (Wildman–Crippen MR) is 110 cm³/mol. The highest BCUT2D eigenvalue weighted by atomic mass is 16.5. The van der Waals surface area contributed by atoms with Crippen LogP contribution >= 0.6 is 0 Å². The quantitative estimate of drug-likeness (QED) is 0.706. The van der Waals surface area contributed by atoms with Crippen LogP contribution in [0.25, 0.3) is 0 Å². The van der Waals surface area contributed by atoms with Crippen molar-refractivity contribution >= 4 is 17.3 Å². The Morgan fingerprint density at radius 3 is 2.52 bits per heavy atom. The molecule has 1 heterocycles. The molecule has 1 aliphatic heterocycles. The van der Waals surface area contributed by atoms with Crippen LogP contribution in [-0.4, -0.2) is 19.6 Å². The van der Waals surface area contributed by atoms with E-state index in [2.05, 4.69) is 5.32 Å². The maximum Gasteiger partial charge on any atom is 0.262 e. The number of ether oxygens (including phenoxy) is 2. The van der Waals surface area contributed by atoms with Gasteiger partial charge in [0.2, 0.25) is 0 Å². The molecule has 1 N–H and O–H groups in total. The minimum Gasteiger partial charge on any atom is -0.495 e. The van der Waals surface area contributed by atoms with Crippen LogP contribution in [0.5, 0.6) is 11.5 Å². The molecule has 0 bridgehead atoms. The molecule has 3 aromatic carbocycles. The van der Waals surface area contributed by atoms with Gasteiger partial charge >= 0.3 is 0 Å². The molecule has 0 aliphatic carbocycles. The number of hydrogen-bond donors (Lipinski definition) is 1. The molecular weight excluding hydrogens is 366 g/mol. The van der Waals surface area contributed by atoms with Gasteiger partial charge in [0.05, 0.1) is 18.4 Å². The third-order valence-electron chi connectivity index (χ3n) is 4.77. The van der Waals surface area contributed by atoms with E-state index in [0.717, 1.165) is 11.3 Å². The van der Waals surface area contributed by atoms with Gasteiger partial charge in [-0.05, 0) is 42.0 Å². The van der Waals surface area contributed by atoms with E-state index >= 15 is 0 Å². The Morgan fingerprint density at radius 2 is 1.76 bits per heavy atom. The fourth-order valence-corrected chi connectivity index (χ4v) is 3.43. The zero-order valence-electron chi connectivity index (χ0n) is 15.8. The molecular formula is C23H19N3O3. The van der Waals surface area contributed by atoms with Crippen molar-refractivity contribution in [1.82, 2.24) is 0 Å². The SMILES string of the molecule is COc1ccccc1N1C(=O)c2ccccc2N[C@@H]1c1ccc(OCC#N)cc1. The van der Waals surface area contributed by atoms with Crippen molar-refractivity contribution in [2.45, 2.75) is 6.17 Å². The lowest BCUT2D eigenvalue weighted by Gasteiger charge is -2.38. The van der Waals surface area contributed by atoms with Crippen LogP contribution in [-0.2, 0) is 0 Å². The molecule has 0 radical (unpaired) electrons. The molecule has 0 saturated heterocycles. The standard InChI is InChI=1S/C23H19N3O3/c1-28-21-9-5-4-8-20(21)26-22(16-10-12-17(13-11-16)29-15-14-24)25-19-7-3-2-6-18(19)23(26)27/h2-13,22,25H,15H2,1H3/t22-/m0/s1. The van der Waals surface area contributed by atoms with Gasteiger partial charge in [-0.1, -0.05) is 36.4 Å². The van der Waals surface area contributed by atoms with Gasteiger partial charge in [0.1, 0.15) is 23.7 Å². The first kappa shape index (κ1) is 18.4. The van der Waals surface area contributed by atoms with Gasteiger partial charge in [-0.15, -0.1) is 0 Å². The van der Waals surface area contributed by atoms with Gasteiger partial charge in [-0.3, -0.25) is 9.69 Å². The molecule has 1 atom stereocenters. The zero-order chi connectivity index (χ0) is 20.2. The summed E-state index contributed by atoms with van der Waals surface area (Å²) in [5.74, 6) is 1.10. The number of methoxy groups -OCH3 is 1. The molecule has 0 spiro atoms. The molecule has 6 nitrogen and oxygen atoms in total. The van der Waals surface area contributed by atoms with E-state index in [1.54, 1.807) is 24.1 Å². The maximum atomic E-state index is 13.4. The van der Waals surface area contributed by atoms with Gasteiger partial charge in [-0.2, -0.15) is 5.26 Å². The fourth-order valence-electron chi connectivity index (χ4n) is 3.43. The Balaban J connectivity index is 1.79. The molecule has 3 aromatic rings. The number of rotatable bonds is 5. The average molecular weight is 385 g/mol. The first-order chi connectivity index (χ1) is 14.2. The minimum absolute atomic E-state index is 0.0137. The first-order valence-electron chi connectivity index (χ1n) is 9.15. The van der Waals surface area contributed by atoms with Gasteiger partial charge in [0.25, 0.3) is 5.91 Å². The number of carbonyl (C=O) groups excluding carboxylic acids is 1. The van der Waals surface area contributed by atoms with Gasteiger partial charge < -0.3 is 14.8 Å².